The normalized spacial score (nSPS) is 17.1. The molecule has 7 heteroatoms. The number of carbonyl (C=O) groups is 3. The minimum absolute atomic E-state index is 0.180. The maximum atomic E-state index is 13.4. The molecule has 1 atom stereocenters. The van der Waals surface area contributed by atoms with E-state index in [9.17, 15) is 14.4 Å². The first-order valence-corrected chi connectivity index (χ1v) is 9.90. The van der Waals surface area contributed by atoms with Gasteiger partial charge in [0.15, 0.2) is 12.4 Å². The molecule has 4 rings (SSSR count). The molecule has 2 aromatic carbocycles. The summed E-state index contributed by atoms with van der Waals surface area (Å²) < 4.78 is 10.8. The summed E-state index contributed by atoms with van der Waals surface area (Å²) >= 11 is 0. The van der Waals surface area contributed by atoms with Crippen LogP contribution in [0.15, 0.2) is 65.4 Å². The zero-order valence-electron chi connectivity index (χ0n) is 17.1. The van der Waals surface area contributed by atoms with Crippen molar-refractivity contribution in [1.29, 1.82) is 0 Å². The fraction of sp³-hybridized carbons (Fsp3) is 0.208. The number of hydrogen-bond acceptors (Lipinski definition) is 6. The molecule has 0 spiro atoms. The van der Waals surface area contributed by atoms with Crippen molar-refractivity contribution in [3.8, 4) is 5.75 Å². The number of allylic oxidation sites excluding steroid dienone is 2. The Morgan fingerprint density at radius 3 is 2.45 bits per heavy atom. The molecule has 1 aliphatic carbocycles. The summed E-state index contributed by atoms with van der Waals surface area (Å²) in [6.07, 6.45) is 0. The number of esters is 1. The number of ketones is 1. The average Bonchev–Trinajstić information content (AvgIpc) is 3.03. The highest BCUT2D eigenvalue weighted by Gasteiger charge is 2.43. The van der Waals surface area contributed by atoms with Crippen molar-refractivity contribution in [2.45, 2.75) is 19.8 Å². The Labute approximate surface area is 179 Å². The molecule has 7 nitrogen and oxygen atoms in total. The Morgan fingerprint density at radius 2 is 1.74 bits per heavy atom. The number of ether oxygens (including phenoxy) is 2. The number of benzene rings is 2. The Bertz CT molecular complexity index is 1160. The summed E-state index contributed by atoms with van der Waals surface area (Å²) in [5.41, 5.74) is 3.77. The Balaban J connectivity index is 1.91. The van der Waals surface area contributed by atoms with E-state index in [1.807, 2.05) is 12.1 Å². The summed E-state index contributed by atoms with van der Waals surface area (Å²) in [7, 11) is 0. The van der Waals surface area contributed by atoms with Crippen molar-refractivity contribution in [2.24, 2.45) is 0 Å². The Morgan fingerprint density at radius 1 is 1.06 bits per heavy atom. The van der Waals surface area contributed by atoms with E-state index in [-0.39, 0.29) is 12.4 Å². The van der Waals surface area contributed by atoms with Crippen molar-refractivity contribution >= 4 is 23.4 Å². The van der Waals surface area contributed by atoms with E-state index in [1.54, 1.807) is 50.2 Å². The first kappa shape index (κ1) is 20.4. The van der Waals surface area contributed by atoms with E-state index in [1.165, 1.54) is 0 Å². The van der Waals surface area contributed by atoms with Crippen LogP contribution in [0.25, 0.3) is 5.70 Å². The highest BCUT2D eigenvalue weighted by atomic mass is 16.5. The molecule has 2 N–H and O–H groups in total. The highest BCUT2D eigenvalue weighted by molar-refractivity contribution is 6.23. The smallest absolute Gasteiger partial charge is 0.341 e. The molecule has 1 heterocycles. The predicted molar refractivity (Wildman–Crippen MR) is 112 cm³/mol. The number of hydrogen-bond donors (Lipinski definition) is 2. The molecule has 1 aliphatic heterocycles. The van der Waals surface area contributed by atoms with Crippen molar-refractivity contribution in [1.82, 2.24) is 5.32 Å². The fourth-order valence-electron chi connectivity index (χ4n) is 4.11. The largest absolute Gasteiger partial charge is 0.482 e. The van der Waals surface area contributed by atoms with E-state index < -0.39 is 24.5 Å². The zero-order chi connectivity index (χ0) is 22.1. The van der Waals surface area contributed by atoms with Gasteiger partial charge in [-0.1, -0.05) is 42.5 Å². The van der Waals surface area contributed by atoms with Crippen LogP contribution < -0.4 is 10.1 Å². The van der Waals surface area contributed by atoms with Crippen molar-refractivity contribution in [3.63, 3.8) is 0 Å². The minimum Gasteiger partial charge on any atom is -0.482 e. The van der Waals surface area contributed by atoms with Gasteiger partial charge in [0.25, 0.3) is 0 Å². The average molecular weight is 419 g/mol. The van der Waals surface area contributed by atoms with Gasteiger partial charge in [0.1, 0.15) is 5.75 Å². The molecule has 0 radical (unpaired) electrons. The number of fused-ring (bicyclic) bond motifs is 2. The van der Waals surface area contributed by atoms with Crippen molar-refractivity contribution in [2.75, 3.05) is 13.2 Å². The van der Waals surface area contributed by atoms with E-state index in [0.29, 0.717) is 39.4 Å². The minimum atomic E-state index is -1.12. The van der Waals surface area contributed by atoms with Gasteiger partial charge < -0.3 is 19.9 Å². The van der Waals surface area contributed by atoms with Gasteiger partial charge in [-0.25, -0.2) is 9.59 Å². The molecular weight excluding hydrogens is 398 g/mol. The number of carbonyl (C=O) groups excluding carboxylic acids is 2. The topological polar surface area (TPSA) is 102 Å². The van der Waals surface area contributed by atoms with Gasteiger partial charge in [-0.3, -0.25) is 4.79 Å². The van der Waals surface area contributed by atoms with Crippen LogP contribution in [0.1, 0.15) is 41.3 Å². The summed E-state index contributed by atoms with van der Waals surface area (Å²) in [6, 6.07) is 14.1. The molecule has 0 bridgehead atoms. The van der Waals surface area contributed by atoms with Gasteiger partial charge in [-0.15, -0.1) is 0 Å². The maximum absolute atomic E-state index is 13.4. The number of aliphatic carboxylic acids is 1. The van der Waals surface area contributed by atoms with E-state index in [4.69, 9.17) is 14.6 Å². The summed E-state index contributed by atoms with van der Waals surface area (Å²) in [4.78, 5) is 37.4. The van der Waals surface area contributed by atoms with E-state index >= 15 is 0 Å². The molecule has 0 aromatic heterocycles. The summed E-state index contributed by atoms with van der Waals surface area (Å²) in [6.45, 7) is 3.11. The van der Waals surface area contributed by atoms with Gasteiger partial charge in [0, 0.05) is 28.0 Å². The molecule has 0 amide bonds. The van der Waals surface area contributed by atoms with Crippen LogP contribution in [0, 0.1) is 0 Å². The molecule has 0 saturated heterocycles. The quantitative estimate of drug-likeness (QED) is 0.693. The molecule has 0 fully saturated rings. The SMILES string of the molecule is CCOC(=O)C1=C(C)NC2=C(C(=O)c3ccccc32)[C@H]1c1ccccc1OCC(=O)O. The van der Waals surface area contributed by atoms with Crippen molar-refractivity contribution in [3.05, 3.63) is 82.1 Å². The monoisotopic (exact) mass is 419 g/mol. The maximum Gasteiger partial charge on any atom is 0.341 e. The lowest BCUT2D eigenvalue weighted by Crippen LogP contribution is -2.29. The van der Waals surface area contributed by atoms with Gasteiger partial charge in [0.05, 0.1) is 23.8 Å². The number of rotatable bonds is 6. The molecule has 0 saturated carbocycles. The van der Waals surface area contributed by atoms with Crippen LogP contribution in [0.5, 0.6) is 5.75 Å². The summed E-state index contributed by atoms with van der Waals surface area (Å²) in [5.74, 6) is -2.32. The van der Waals surface area contributed by atoms with Crippen molar-refractivity contribution < 1.29 is 29.0 Å². The molecular formula is C24H21NO6. The second-order valence-electron chi connectivity index (χ2n) is 7.20. The lowest BCUT2D eigenvalue weighted by molar-refractivity contribution is -0.140. The van der Waals surface area contributed by atoms with Gasteiger partial charge in [-0.05, 0) is 19.9 Å². The van der Waals surface area contributed by atoms with Crippen LogP contribution in [0.2, 0.25) is 0 Å². The second kappa shape index (κ2) is 8.10. The first-order chi connectivity index (χ1) is 14.9. The lowest BCUT2D eigenvalue weighted by Gasteiger charge is -2.30. The third-order valence-corrected chi connectivity index (χ3v) is 5.33. The Hall–Kier alpha value is -3.87. The summed E-state index contributed by atoms with van der Waals surface area (Å²) in [5, 5.41) is 12.3. The molecule has 2 aliphatic rings. The molecule has 31 heavy (non-hydrogen) atoms. The zero-order valence-corrected chi connectivity index (χ0v) is 17.1. The molecule has 0 unspecified atom stereocenters. The highest BCUT2D eigenvalue weighted by Crippen LogP contribution is 2.48. The van der Waals surface area contributed by atoms with Crippen LogP contribution in [-0.4, -0.2) is 36.0 Å². The van der Waals surface area contributed by atoms with E-state index in [2.05, 4.69) is 5.32 Å². The number of carboxylic acid groups (broad SMARTS) is 1. The van der Waals surface area contributed by atoms with Gasteiger partial charge in [0.2, 0.25) is 0 Å². The first-order valence-electron chi connectivity index (χ1n) is 9.90. The lowest BCUT2D eigenvalue weighted by atomic mass is 9.79. The van der Waals surface area contributed by atoms with Crippen LogP contribution in [0.3, 0.4) is 0 Å². The number of carboxylic acids is 1. The number of Topliss-reactive ketones (excluding diaryl/α,β-unsaturated/α-hetero) is 1. The predicted octanol–water partition coefficient (Wildman–Crippen LogP) is 3.28. The van der Waals surface area contributed by atoms with Crippen LogP contribution in [0.4, 0.5) is 0 Å². The Kier molecular flexibility index (Phi) is 5.33. The van der Waals surface area contributed by atoms with Gasteiger partial charge in [-0.2, -0.15) is 0 Å². The fourth-order valence-corrected chi connectivity index (χ4v) is 4.11. The number of dihydropyridines is 1. The second-order valence-corrected chi connectivity index (χ2v) is 7.20. The molecule has 2 aromatic rings. The third kappa shape index (κ3) is 3.48. The van der Waals surface area contributed by atoms with E-state index in [0.717, 1.165) is 5.56 Å². The van der Waals surface area contributed by atoms with Crippen LogP contribution >= 0.6 is 0 Å². The molecule has 158 valence electrons. The van der Waals surface area contributed by atoms with Crippen LogP contribution in [-0.2, 0) is 14.3 Å². The van der Waals surface area contributed by atoms with Gasteiger partial charge >= 0.3 is 11.9 Å². The standard InChI is InChI=1S/C24H21NO6/c1-3-30-24(29)19-13(2)25-22-14-8-4-5-9-15(14)23(28)21(22)20(19)16-10-6-7-11-17(16)31-12-18(26)27/h4-11,20,25H,3,12H2,1-2H3,(H,26,27)/t20-/m0/s1. The number of para-hydroxylation sites is 1. The third-order valence-electron chi connectivity index (χ3n) is 5.33. The number of nitrogens with one attached hydrogen (secondary N) is 1.